The monoisotopic (exact) mass is 458 g/mol. The number of rotatable bonds is 6. The van der Waals surface area contributed by atoms with Gasteiger partial charge in [-0.1, -0.05) is 42.5 Å². The zero-order chi connectivity index (χ0) is 22.8. The number of thiazole rings is 1. The van der Waals surface area contributed by atoms with Gasteiger partial charge in [-0.2, -0.15) is 0 Å². The molecule has 0 amide bonds. The highest BCUT2D eigenvalue weighted by Gasteiger charge is 2.19. The van der Waals surface area contributed by atoms with Gasteiger partial charge in [-0.3, -0.25) is 0 Å². The van der Waals surface area contributed by atoms with E-state index in [2.05, 4.69) is 0 Å². The first-order chi connectivity index (χ1) is 16.1. The Morgan fingerprint density at radius 3 is 2.61 bits per heavy atom. The molecule has 0 saturated carbocycles. The van der Waals surface area contributed by atoms with Gasteiger partial charge in [0, 0.05) is 10.8 Å². The third-order valence-electron chi connectivity index (χ3n) is 5.27. The summed E-state index contributed by atoms with van der Waals surface area (Å²) in [7, 11) is 1.58. The summed E-state index contributed by atoms with van der Waals surface area (Å²) in [4.78, 5) is 19.2. The minimum Gasteiger partial charge on any atom is -0.497 e. The molecule has 0 fully saturated rings. The molecule has 0 unspecified atom stereocenters. The van der Waals surface area contributed by atoms with Crippen molar-refractivity contribution in [3.63, 3.8) is 0 Å². The van der Waals surface area contributed by atoms with Gasteiger partial charge >= 0.3 is 5.63 Å². The van der Waals surface area contributed by atoms with Crippen LogP contribution < -0.4 is 15.3 Å². The predicted molar refractivity (Wildman–Crippen MR) is 129 cm³/mol. The number of hydrogen-bond acceptors (Lipinski definition) is 6. The topological polar surface area (TPSA) is 55.6 Å². The predicted octanol–water partition coefficient (Wildman–Crippen LogP) is 6.40. The lowest BCUT2D eigenvalue weighted by Crippen LogP contribution is -2.17. The third-order valence-corrected chi connectivity index (χ3v) is 6.13. The summed E-state index contributed by atoms with van der Waals surface area (Å²) >= 11 is 1.34. The normalized spacial score (nSPS) is 11.0. The second kappa shape index (κ2) is 8.88. The van der Waals surface area contributed by atoms with Crippen molar-refractivity contribution in [2.24, 2.45) is 0 Å². The molecule has 0 saturated heterocycles. The van der Waals surface area contributed by atoms with Crippen molar-refractivity contribution < 1.29 is 13.5 Å². The maximum Gasteiger partial charge on any atom is 0.345 e. The molecule has 5 rings (SSSR count). The number of nitrogens with zero attached hydrogens (tertiary/aromatic N) is 2. The van der Waals surface area contributed by atoms with Crippen molar-refractivity contribution in [2.75, 3.05) is 12.0 Å². The molecule has 0 bridgehead atoms. The molecule has 0 aliphatic rings. The molecule has 0 atom stereocenters. The molecule has 0 radical (unpaired) electrons. The summed E-state index contributed by atoms with van der Waals surface area (Å²) in [5, 5.41) is 3.09. The quantitative estimate of drug-likeness (QED) is 0.276. The van der Waals surface area contributed by atoms with Crippen molar-refractivity contribution in [3.8, 4) is 17.0 Å². The van der Waals surface area contributed by atoms with Crippen LogP contribution in [0.1, 0.15) is 5.56 Å². The second-order valence-electron chi connectivity index (χ2n) is 7.39. The molecule has 7 heteroatoms. The molecule has 5 aromatic rings. The SMILES string of the molecule is COc1ccc2oc(=O)c(-c3csc(N(Cc4ccccc4)c4ccccc4F)n3)cc2c1. The van der Waals surface area contributed by atoms with E-state index >= 15 is 0 Å². The first-order valence-corrected chi connectivity index (χ1v) is 11.1. The van der Waals surface area contributed by atoms with E-state index in [1.807, 2.05) is 35.2 Å². The molecular weight excluding hydrogens is 439 g/mol. The molecule has 0 aliphatic heterocycles. The number of anilines is 2. The zero-order valence-electron chi connectivity index (χ0n) is 17.7. The molecular formula is C26H19FN2O3S. The van der Waals surface area contributed by atoms with Gasteiger partial charge in [-0.15, -0.1) is 11.3 Å². The smallest absolute Gasteiger partial charge is 0.345 e. The van der Waals surface area contributed by atoms with Gasteiger partial charge in [0.05, 0.1) is 30.6 Å². The highest BCUT2D eigenvalue weighted by Crippen LogP contribution is 2.35. The number of para-hydroxylation sites is 1. The van der Waals surface area contributed by atoms with Crippen LogP contribution in [0.2, 0.25) is 0 Å². The van der Waals surface area contributed by atoms with Crippen LogP contribution in [0.15, 0.2) is 93.5 Å². The zero-order valence-corrected chi connectivity index (χ0v) is 18.5. The van der Waals surface area contributed by atoms with Gasteiger partial charge in [0.2, 0.25) is 0 Å². The van der Waals surface area contributed by atoms with Crippen LogP contribution in [0.25, 0.3) is 22.2 Å². The van der Waals surface area contributed by atoms with E-state index in [0.717, 1.165) is 10.9 Å². The highest BCUT2D eigenvalue weighted by molar-refractivity contribution is 7.14. The molecule has 2 heterocycles. The number of benzene rings is 3. The lowest BCUT2D eigenvalue weighted by atomic mass is 10.1. The largest absolute Gasteiger partial charge is 0.497 e. The lowest BCUT2D eigenvalue weighted by Gasteiger charge is -2.22. The molecule has 0 aliphatic carbocycles. The first kappa shape index (κ1) is 20.9. The van der Waals surface area contributed by atoms with Crippen LogP contribution in [-0.2, 0) is 6.54 Å². The number of fused-ring (bicyclic) bond motifs is 1. The van der Waals surface area contributed by atoms with E-state index < -0.39 is 5.63 Å². The van der Waals surface area contributed by atoms with Crippen LogP contribution in [-0.4, -0.2) is 12.1 Å². The van der Waals surface area contributed by atoms with Gasteiger partial charge in [0.25, 0.3) is 0 Å². The summed E-state index contributed by atoms with van der Waals surface area (Å²) in [5.41, 5.74) is 2.23. The van der Waals surface area contributed by atoms with Gasteiger partial charge in [-0.05, 0) is 42.0 Å². The number of halogens is 1. The maximum absolute atomic E-state index is 14.7. The van der Waals surface area contributed by atoms with E-state index in [9.17, 15) is 9.18 Å². The molecule has 0 spiro atoms. The Balaban J connectivity index is 1.58. The summed E-state index contributed by atoms with van der Waals surface area (Å²) in [6.07, 6.45) is 0. The average Bonchev–Trinajstić information content (AvgIpc) is 3.33. The Morgan fingerprint density at radius 1 is 1.03 bits per heavy atom. The number of methoxy groups -OCH3 is 1. The summed E-state index contributed by atoms with van der Waals surface area (Å²) in [6.45, 7) is 0.429. The van der Waals surface area contributed by atoms with Crippen LogP contribution in [0.3, 0.4) is 0 Å². The minimum atomic E-state index is -0.481. The van der Waals surface area contributed by atoms with Crippen LogP contribution in [0.5, 0.6) is 5.75 Å². The van der Waals surface area contributed by atoms with Crippen molar-refractivity contribution >= 4 is 33.1 Å². The maximum atomic E-state index is 14.7. The van der Waals surface area contributed by atoms with Crippen LogP contribution in [0, 0.1) is 5.82 Å². The Morgan fingerprint density at radius 2 is 1.82 bits per heavy atom. The number of ether oxygens (including phenoxy) is 1. The van der Waals surface area contributed by atoms with Gasteiger partial charge < -0.3 is 14.1 Å². The highest BCUT2D eigenvalue weighted by atomic mass is 32.1. The minimum absolute atomic E-state index is 0.339. The fourth-order valence-corrected chi connectivity index (χ4v) is 4.45. The fourth-order valence-electron chi connectivity index (χ4n) is 3.61. The summed E-state index contributed by atoms with van der Waals surface area (Å²) < 4.78 is 25.5. The second-order valence-corrected chi connectivity index (χ2v) is 8.23. The molecule has 3 aromatic carbocycles. The van der Waals surface area contributed by atoms with Crippen LogP contribution >= 0.6 is 11.3 Å². The summed E-state index contributed by atoms with van der Waals surface area (Å²) in [5.74, 6) is 0.317. The Labute approximate surface area is 193 Å². The van der Waals surface area contributed by atoms with Crippen molar-refractivity contribution in [1.29, 1.82) is 0 Å². The Kier molecular flexibility index (Phi) is 5.62. The van der Waals surface area contributed by atoms with Crippen LogP contribution in [0.4, 0.5) is 15.2 Å². The fraction of sp³-hybridized carbons (Fsp3) is 0.0769. The number of aromatic nitrogens is 1. The third kappa shape index (κ3) is 4.23. The van der Waals surface area contributed by atoms with Gasteiger partial charge in [-0.25, -0.2) is 14.2 Å². The van der Waals surface area contributed by atoms with Crippen molar-refractivity contribution in [3.05, 3.63) is 106 Å². The average molecular weight is 459 g/mol. The summed E-state index contributed by atoms with van der Waals surface area (Å²) in [6, 6.07) is 23.3. The van der Waals surface area contributed by atoms with Gasteiger partial charge in [0.15, 0.2) is 5.13 Å². The Hall–Kier alpha value is -3.97. The number of hydrogen-bond donors (Lipinski definition) is 0. The molecule has 164 valence electrons. The molecule has 33 heavy (non-hydrogen) atoms. The van der Waals surface area contributed by atoms with Gasteiger partial charge in [0.1, 0.15) is 17.1 Å². The first-order valence-electron chi connectivity index (χ1n) is 10.3. The molecule has 5 nitrogen and oxygen atoms in total. The molecule has 2 aromatic heterocycles. The van der Waals surface area contributed by atoms with E-state index in [0.29, 0.717) is 40.0 Å². The van der Waals surface area contributed by atoms with E-state index in [1.165, 1.54) is 17.4 Å². The van der Waals surface area contributed by atoms with Crippen molar-refractivity contribution in [1.82, 2.24) is 4.98 Å². The van der Waals surface area contributed by atoms with E-state index in [-0.39, 0.29) is 5.82 Å². The Bertz CT molecular complexity index is 1480. The van der Waals surface area contributed by atoms with E-state index in [1.54, 1.807) is 55.0 Å². The van der Waals surface area contributed by atoms with E-state index in [4.69, 9.17) is 14.1 Å². The molecule has 0 N–H and O–H groups in total. The standard InChI is InChI=1S/C26H19FN2O3S/c1-31-19-11-12-24-18(13-19)14-20(25(30)32-24)22-16-33-26(28-22)29(15-17-7-3-2-4-8-17)23-10-6-5-9-21(23)27/h2-14,16H,15H2,1H3. The lowest BCUT2D eigenvalue weighted by molar-refractivity contribution is 0.415. The van der Waals surface area contributed by atoms with Crippen molar-refractivity contribution in [2.45, 2.75) is 6.54 Å².